The third-order valence-electron chi connectivity index (χ3n) is 3.82. The van der Waals surface area contributed by atoms with Crippen LogP contribution < -0.4 is 10.6 Å². The van der Waals surface area contributed by atoms with E-state index in [1.165, 1.54) is 0 Å². The Labute approximate surface area is 136 Å². The van der Waals surface area contributed by atoms with Gasteiger partial charge in [-0.3, -0.25) is 9.59 Å². The van der Waals surface area contributed by atoms with E-state index in [9.17, 15) is 18.0 Å². The summed E-state index contributed by atoms with van der Waals surface area (Å²) >= 11 is 0. The second-order valence-electron chi connectivity index (χ2n) is 6.20. The molecular weight excluding hydrogens is 316 g/mol. The first-order valence-electron chi connectivity index (χ1n) is 7.66. The Morgan fingerprint density at radius 3 is 2.39 bits per heavy atom. The first kappa shape index (κ1) is 17.5. The van der Waals surface area contributed by atoms with Crippen LogP contribution in [0, 0.1) is 11.8 Å². The van der Waals surface area contributed by atoms with Crippen molar-refractivity contribution >= 4 is 27.3 Å². The van der Waals surface area contributed by atoms with Crippen LogP contribution in [0.5, 0.6) is 0 Å². The van der Waals surface area contributed by atoms with E-state index in [0.29, 0.717) is 24.2 Å². The Bertz CT molecular complexity index is 681. The number of rotatable bonds is 5. The molecule has 1 unspecified atom stereocenters. The average molecular weight is 338 g/mol. The topological polar surface area (TPSA) is 92.3 Å². The van der Waals surface area contributed by atoms with Gasteiger partial charge < -0.3 is 10.6 Å². The highest BCUT2D eigenvalue weighted by Crippen LogP contribution is 2.17. The van der Waals surface area contributed by atoms with Crippen LogP contribution in [0.3, 0.4) is 0 Å². The molecule has 0 radical (unpaired) electrons. The highest BCUT2D eigenvalue weighted by Gasteiger charge is 2.27. The van der Waals surface area contributed by atoms with E-state index < -0.39 is 9.84 Å². The van der Waals surface area contributed by atoms with Gasteiger partial charge in [0.25, 0.3) is 5.91 Å². The molecule has 7 heteroatoms. The Balaban J connectivity index is 1.87. The van der Waals surface area contributed by atoms with Crippen LogP contribution in [0.1, 0.15) is 30.6 Å². The average Bonchev–Trinajstić information content (AvgIpc) is 2.84. The molecule has 2 N–H and O–H groups in total. The van der Waals surface area contributed by atoms with Crippen molar-refractivity contribution in [3.05, 3.63) is 29.8 Å². The van der Waals surface area contributed by atoms with Gasteiger partial charge in [0, 0.05) is 23.7 Å². The van der Waals surface area contributed by atoms with Gasteiger partial charge in [0.2, 0.25) is 5.91 Å². The molecule has 1 aliphatic heterocycles. The molecule has 0 bridgehead atoms. The summed E-state index contributed by atoms with van der Waals surface area (Å²) in [7, 11) is -2.92. The van der Waals surface area contributed by atoms with Gasteiger partial charge in [0.05, 0.1) is 11.5 Å². The number of nitrogens with one attached hydrogen (secondary N) is 2. The molecule has 0 aliphatic carbocycles. The lowest BCUT2D eigenvalue weighted by atomic mass is 10.1. The summed E-state index contributed by atoms with van der Waals surface area (Å²) in [6.07, 6.45) is 0.600. The molecule has 23 heavy (non-hydrogen) atoms. The molecule has 0 saturated carbocycles. The minimum absolute atomic E-state index is 0.00597. The number of hydrogen-bond donors (Lipinski definition) is 2. The Hall–Kier alpha value is -1.89. The highest BCUT2D eigenvalue weighted by atomic mass is 32.2. The minimum Gasteiger partial charge on any atom is -0.352 e. The lowest BCUT2D eigenvalue weighted by Crippen LogP contribution is -2.29. The molecule has 1 atom stereocenters. The monoisotopic (exact) mass is 338 g/mol. The minimum atomic E-state index is -2.92. The molecule has 1 aliphatic rings. The molecule has 1 heterocycles. The van der Waals surface area contributed by atoms with E-state index in [0.717, 1.165) is 0 Å². The standard InChI is InChI=1S/C16H22N2O4S/c1-11(2)15(19)18-14-5-3-13(4-6-14)16(20)17-9-12-7-8-23(21,22)10-12/h3-6,11-12H,7-10H2,1-2H3,(H,17,20)(H,18,19). The zero-order chi connectivity index (χ0) is 17.0. The fourth-order valence-corrected chi connectivity index (χ4v) is 4.23. The molecule has 2 rings (SSSR count). The van der Waals surface area contributed by atoms with Gasteiger partial charge in [-0.25, -0.2) is 8.42 Å². The predicted octanol–water partition coefficient (Wildman–Crippen LogP) is 1.45. The molecule has 1 aromatic rings. The normalized spacial score (nSPS) is 19.5. The summed E-state index contributed by atoms with van der Waals surface area (Å²) in [5.41, 5.74) is 1.12. The van der Waals surface area contributed by atoms with Crippen molar-refractivity contribution in [1.82, 2.24) is 5.32 Å². The van der Waals surface area contributed by atoms with Gasteiger partial charge in [0.1, 0.15) is 0 Å². The van der Waals surface area contributed by atoms with Gasteiger partial charge >= 0.3 is 0 Å². The fraction of sp³-hybridized carbons (Fsp3) is 0.500. The SMILES string of the molecule is CC(C)C(=O)Nc1ccc(C(=O)NCC2CCS(=O)(=O)C2)cc1. The second kappa shape index (κ2) is 7.12. The third kappa shape index (κ3) is 5.06. The number of benzene rings is 1. The maximum absolute atomic E-state index is 12.1. The molecular formula is C16H22N2O4S. The fourth-order valence-electron chi connectivity index (χ4n) is 2.36. The smallest absolute Gasteiger partial charge is 0.251 e. The highest BCUT2D eigenvalue weighted by molar-refractivity contribution is 7.91. The van der Waals surface area contributed by atoms with Crippen molar-refractivity contribution in [3.63, 3.8) is 0 Å². The van der Waals surface area contributed by atoms with Crippen LogP contribution in [0.15, 0.2) is 24.3 Å². The van der Waals surface area contributed by atoms with E-state index in [1.54, 1.807) is 38.1 Å². The number of anilines is 1. The van der Waals surface area contributed by atoms with Gasteiger partial charge in [-0.05, 0) is 36.6 Å². The summed E-state index contributed by atoms with van der Waals surface area (Å²) in [5, 5.41) is 5.52. The van der Waals surface area contributed by atoms with E-state index in [2.05, 4.69) is 10.6 Å². The van der Waals surface area contributed by atoms with Gasteiger partial charge in [0.15, 0.2) is 9.84 Å². The maximum atomic E-state index is 12.1. The molecule has 0 spiro atoms. The summed E-state index contributed by atoms with van der Waals surface area (Å²) in [5.74, 6) is -0.0829. The number of amides is 2. The third-order valence-corrected chi connectivity index (χ3v) is 5.65. The lowest BCUT2D eigenvalue weighted by Gasteiger charge is -2.11. The van der Waals surface area contributed by atoms with Crippen LogP contribution in [-0.4, -0.2) is 38.3 Å². The van der Waals surface area contributed by atoms with E-state index in [1.807, 2.05) is 0 Å². The van der Waals surface area contributed by atoms with E-state index >= 15 is 0 Å². The summed E-state index contributed by atoms with van der Waals surface area (Å²) in [6.45, 7) is 3.98. The quantitative estimate of drug-likeness (QED) is 0.850. The first-order valence-corrected chi connectivity index (χ1v) is 9.48. The lowest BCUT2D eigenvalue weighted by molar-refractivity contribution is -0.118. The summed E-state index contributed by atoms with van der Waals surface area (Å²) in [6, 6.07) is 6.62. The van der Waals surface area contributed by atoms with Crippen molar-refractivity contribution in [2.75, 3.05) is 23.4 Å². The van der Waals surface area contributed by atoms with Gasteiger partial charge in [-0.1, -0.05) is 13.8 Å². The molecule has 6 nitrogen and oxygen atoms in total. The molecule has 1 aromatic carbocycles. The molecule has 126 valence electrons. The largest absolute Gasteiger partial charge is 0.352 e. The van der Waals surface area contributed by atoms with Crippen molar-refractivity contribution < 1.29 is 18.0 Å². The second-order valence-corrected chi connectivity index (χ2v) is 8.43. The maximum Gasteiger partial charge on any atom is 0.251 e. The van der Waals surface area contributed by atoms with Crippen LogP contribution >= 0.6 is 0 Å². The van der Waals surface area contributed by atoms with Gasteiger partial charge in [-0.2, -0.15) is 0 Å². The Morgan fingerprint density at radius 1 is 1.22 bits per heavy atom. The summed E-state index contributed by atoms with van der Waals surface area (Å²) in [4.78, 5) is 23.7. The summed E-state index contributed by atoms with van der Waals surface area (Å²) < 4.78 is 22.8. The first-order chi connectivity index (χ1) is 10.8. The molecule has 0 aromatic heterocycles. The molecule has 2 amide bonds. The van der Waals surface area contributed by atoms with E-state index in [-0.39, 0.29) is 35.2 Å². The van der Waals surface area contributed by atoms with Crippen molar-refractivity contribution in [2.24, 2.45) is 11.8 Å². The number of carbonyl (C=O) groups excluding carboxylic acids is 2. The Morgan fingerprint density at radius 2 is 1.87 bits per heavy atom. The van der Waals surface area contributed by atoms with Crippen molar-refractivity contribution in [3.8, 4) is 0 Å². The number of sulfone groups is 1. The predicted molar refractivity (Wildman–Crippen MR) is 89.0 cm³/mol. The van der Waals surface area contributed by atoms with Crippen LogP contribution in [0.25, 0.3) is 0 Å². The Kier molecular flexibility index (Phi) is 5.41. The number of carbonyl (C=O) groups is 2. The zero-order valence-electron chi connectivity index (χ0n) is 13.3. The van der Waals surface area contributed by atoms with Gasteiger partial charge in [-0.15, -0.1) is 0 Å². The zero-order valence-corrected chi connectivity index (χ0v) is 14.2. The molecule has 1 fully saturated rings. The van der Waals surface area contributed by atoms with Crippen molar-refractivity contribution in [2.45, 2.75) is 20.3 Å². The molecule has 1 saturated heterocycles. The number of hydrogen-bond acceptors (Lipinski definition) is 4. The van der Waals surface area contributed by atoms with E-state index in [4.69, 9.17) is 0 Å². The van der Waals surface area contributed by atoms with Crippen LogP contribution in [-0.2, 0) is 14.6 Å². The van der Waals surface area contributed by atoms with Crippen LogP contribution in [0.4, 0.5) is 5.69 Å². The van der Waals surface area contributed by atoms with Crippen molar-refractivity contribution in [1.29, 1.82) is 0 Å². The van der Waals surface area contributed by atoms with Crippen LogP contribution in [0.2, 0.25) is 0 Å².